The number of ether oxygens (including phenoxy) is 1. The van der Waals surface area contributed by atoms with Gasteiger partial charge in [-0.15, -0.1) is 0 Å². The summed E-state index contributed by atoms with van der Waals surface area (Å²) in [7, 11) is 1.37. The lowest BCUT2D eigenvalue weighted by atomic mass is 9.86. The molecule has 1 saturated carbocycles. The zero-order valence-electron chi connectivity index (χ0n) is 12.2. The van der Waals surface area contributed by atoms with Gasteiger partial charge in [-0.2, -0.15) is 0 Å². The van der Waals surface area contributed by atoms with Crippen molar-refractivity contribution in [2.45, 2.75) is 52.1 Å². The van der Waals surface area contributed by atoms with Gasteiger partial charge in [-0.05, 0) is 31.6 Å². The summed E-state index contributed by atoms with van der Waals surface area (Å²) >= 11 is 0. The van der Waals surface area contributed by atoms with Gasteiger partial charge in [0.15, 0.2) is 5.78 Å². The van der Waals surface area contributed by atoms with Crippen LogP contribution in [0.15, 0.2) is 11.6 Å². The molecule has 19 heavy (non-hydrogen) atoms. The second-order valence-corrected chi connectivity index (χ2v) is 5.80. The normalized spacial score (nSPS) is 27.1. The number of rotatable bonds is 5. The SMILES string of the molecule is COC(=O)CC[C@@H](/C=C1\C(=O)CC[C@]1(C)O)C(C)C. The molecule has 0 bridgehead atoms. The Bertz CT molecular complexity index is 380. The van der Waals surface area contributed by atoms with Crippen molar-refractivity contribution in [3.8, 4) is 0 Å². The summed E-state index contributed by atoms with van der Waals surface area (Å²) in [5.74, 6) is 0.186. The number of carbonyl (C=O) groups excluding carboxylic acids is 2. The van der Waals surface area contributed by atoms with E-state index in [4.69, 9.17) is 0 Å². The van der Waals surface area contributed by atoms with Crippen LogP contribution in [0, 0.1) is 11.8 Å². The zero-order chi connectivity index (χ0) is 14.6. The Morgan fingerprint density at radius 2 is 2.16 bits per heavy atom. The average Bonchev–Trinajstić information content (AvgIpc) is 2.59. The molecule has 0 aromatic rings. The molecule has 1 fully saturated rings. The fraction of sp³-hybridized carbons (Fsp3) is 0.733. The molecule has 1 N–H and O–H groups in total. The standard InChI is InChI=1S/C15H24O4/c1-10(2)11(5-6-14(17)19-4)9-12-13(16)7-8-15(12,3)18/h9-11,18H,5-8H2,1-4H3/b12-9+/t11-,15-/m0/s1. The molecule has 0 aromatic carbocycles. The maximum absolute atomic E-state index is 11.8. The van der Waals surface area contributed by atoms with Crippen molar-refractivity contribution in [3.63, 3.8) is 0 Å². The minimum absolute atomic E-state index is 0.0220. The second-order valence-electron chi connectivity index (χ2n) is 5.80. The fourth-order valence-electron chi connectivity index (χ4n) is 2.41. The largest absolute Gasteiger partial charge is 0.469 e. The molecule has 0 radical (unpaired) electrons. The molecular formula is C15H24O4. The molecular weight excluding hydrogens is 244 g/mol. The van der Waals surface area contributed by atoms with Gasteiger partial charge in [0.25, 0.3) is 0 Å². The number of hydrogen-bond acceptors (Lipinski definition) is 4. The van der Waals surface area contributed by atoms with Crippen LogP contribution in [0.25, 0.3) is 0 Å². The highest BCUT2D eigenvalue weighted by atomic mass is 16.5. The van der Waals surface area contributed by atoms with Gasteiger partial charge in [0, 0.05) is 18.4 Å². The van der Waals surface area contributed by atoms with Crippen LogP contribution in [-0.4, -0.2) is 29.6 Å². The van der Waals surface area contributed by atoms with Crippen molar-refractivity contribution >= 4 is 11.8 Å². The molecule has 1 rings (SSSR count). The Labute approximate surface area is 114 Å². The van der Waals surface area contributed by atoms with Gasteiger partial charge in [-0.3, -0.25) is 9.59 Å². The molecule has 2 atom stereocenters. The number of hydrogen-bond donors (Lipinski definition) is 1. The Kier molecular flexibility index (Phi) is 5.29. The van der Waals surface area contributed by atoms with E-state index < -0.39 is 5.60 Å². The second kappa shape index (κ2) is 6.33. The van der Waals surface area contributed by atoms with E-state index in [2.05, 4.69) is 4.74 Å². The number of esters is 1. The lowest BCUT2D eigenvalue weighted by Gasteiger charge is -2.22. The highest BCUT2D eigenvalue weighted by molar-refractivity contribution is 5.99. The Balaban J connectivity index is 2.82. The van der Waals surface area contributed by atoms with Gasteiger partial charge in [-0.25, -0.2) is 0 Å². The maximum atomic E-state index is 11.8. The van der Waals surface area contributed by atoms with Crippen LogP contribution in [-0.2, 0) is 14.3 Å². The molecule has 4 heteroatoms. The quantitative estimate of drug-likeness (QED) is 0.613. The first kappa shape index (κ1) is 15.9. The lowest BCUT2D eigenvalue weighted by molar-refractivity contribution is -0.140. The average molecular weight is 268 g/mol. The van der Waals surface area contributed by atoms with E-state index in [0.717, 1.165) is 0 Å². The van der Waals surface area contributed by atoms with Crippen molar-refractivity contribution in [2.24, 2.45) is 11.8 Å². The summed E-state index contributed by atoms with van der Waals surface area (Å²) in [6.07, 6.45) is 3.72. The van der Waals surface area contributed by atoms with Gasteiger partial charge in [-0.1, -0.05) is 19.9 Å². The van der Waals surface area contributed by atoms with Gasteiger partial charge in [0.1, 0.15) is 0 Å². The third-order valence-corrected chi connectivity index (χ3v) is 3.87. The van der Waals surface area contributed by atoms with Crippen molar-refractivity contribution in [1.29, 1.82) is 0 Å². The van der Waals surface area contributed by atoms with Crippen LogP contribution in [0.3, 0.4) is 0 Å². The third-order valence-electron chi connectivity index (χ3n) is 3.87. The minimum atomic E-state index is -1.02. The monoisotopic (exact) mass is 268 g/mol. The number of methoxy groups -OCH3 is 1. The predicted molar refractivity (Wildman–Crippen MR) is 72.5 cm³/mol. The summed E-state index contributed by atoms with van der Waals surface area (Å²) in [6.45, 7) is 5.78. The van der Waals surface area contributed by atoms with Crippen LogP contribution in [0.5, 0.6) is 0 Å². The van der Waals surface area contributed by atoms with Crippen LogP contribution >= 0.6 is 0 Å². The Hall–Kier alpha value is -1.16. The summed E-state index contributed by atoms with van der Waals surface area (Å²) in [4.78, 5) is 23.0. The number of ketones is 1. The highest BCUT2D eigenvalue weighted by Crippen LogP contribution is 2.34. The van der Waals surface area contributed by atoms with E-state index in [1.165, 1.54) is 7.11 Å². The molecule has 0 heterocycles. The summed E-state index contributed by atoms with van der Waals surface area (Å²) in [5.41, 5.74) is -0.508. The topological polar surface area (TPSA) is 63.6 Å². The van der Waals surface area contributed by atoms with Gasteiger partial charge < -0.3 is 9.84 Å². The van der Waals surface area contributed by atoms with Gasteiger partial charge >= 0.3 is 5.97 Å². The first-order chi connectivity index (χ1) is 8.77. The minimum Gasteiger partial charge on any atom is -0.469 e. The summed E-state index contributed by atoms with van der Waals surface area (Å²) < 4.78 is 4.64. The van der Waals surface area contributed by atoms with Crippen LogP contribution in [0.1, 0.15) is 46.5 Å². The molecule has 0 saturated heterocycles. The van der Waals surface area contributed by atoms with Crippen molar-refractivity contribution in [1.82, 2.24) is 0 Å². The van der Waals surface area contributed by atoms with Crippen LogP contribution in [0.2, 0.25) is 0 Å². The van der Waals surface area contributed by atoms with Gasteiger partial charge in [0.2, 0.25) is 0 Å². The summed E-state index contributed by atoms with van der Waals surface area (Å²) in [6, 6.07) is 0. The number of Topliss-reactive ketones (excluding diaryl/α,β-unsaturated/α-hetero) is 1. The molecule has 1 aliphatic rings. The molecule has 0 aliphatic heterocycles. The first-order valence-corrected chi connectivity index (χ1v) is 6.82. The molecule has 0 amide bonds. The Morgan fingerprint density at radius 1 is 1.53 bits per heavy atom. The van der Waals surface area contributed by atoms with E-state index in [1.54, 1.807) is 6.92 Å². The van der Waals surface area contributed by atoms with E-state index in [0.29, 0.717) is 37.2 Å². The molecule has 0 spiro atoms. The van der Waals surface area contributed by atoms with E-state index >= 15 is 0 Å². The van der Waals surface area contributed by atoms with E-state index in [9.17, 15) is 14.7 Å². The highest BCUT2D eigenvalue weighted by Gasteiger charge is 2.38. The smallest absolute Gasteiger partial charge is 0.305 e. The fourth-order valence-corrected chi connectivity index (χ4v) is 2.41. The number of aliphatic hydroxyl groups is 1. The van der Waals surface area contributed by atoms with E-state index in [-0.39, 0.29) is 17.7 Å². The van der Waals surface area contributed by atoms with Crippen molar-refractivity contribution in [2.75, 3.05) is 7.11 Å². The number of allylic oxidation sites excluding steroid dienone is 1. The predicted octanol–water partition coefficient (Wildman–Crippen LogP) is 2.25. The van der Waals surface area contributed by atoms with Crippen LogP contribution < -0.4 is 0 Å². The molecule has 0 aromatic heterocycles. The summed E-state index contributed by atoms with van der Waals surface area (Å²) in [5, 5.41) is 10.2. The van der Waals surface area contributed by atoms with Crippen molar-refractivity contribution in [3.05, 3.63) is 11.6 Å². The number of carbonyl (C=O) groups is 2. The van der Waals surface area contributed by atoms with Gasteiger partial charge in [0.05, 0.1) is 12.7 Å². The zero-order valence-corrected chi connectivity index (χ0v) is 12.2. The molecule has 0 unspecified atom stereocenters. The lowest BCUT2D eigenvalue weighted by Crippen LogP contribution is -2.24. The van der Waals surface area contributed by atoms with Crippen LogP contribution in [0.4, 0.5) is 0 Å². The third kappa shape index (κ3) is 4.16. The Morgan fingerprint density at radius 3 is 2.58 bits per heavy atom. The van der Waals surface area contributed by atoms with E-state index in [1.807, 2.05) is 19.9 Å². The first-order valence-electron chi connectivity index (χ1n) is 6.82. The molecule has 1 aliphatic carbocycles. The van der Waals surface area contributed by atoms with Crippen molar-refractivity contribution < 1.29 is 19.4 Å². The molecule has 108 valence electrons. The molecule has 4 nitrogen and oxygen atoms in total. The maximum Gasteiger partial charge on any atom is 0.305 e.